The number of nitrogens with one attached hydrogen (secondary N) is 1. The smallest absolute Gasteiger partial charge is 0.193 e. The number of halogens is 1. The monoisotopic (exact) mass is 470 g/mol. The predicted molar refractivity (Wildman–Crippen MR) is 117 cm³/mol. The summed E-state index contributed by atoms with van der Waals surface area (Å²) in [5.41, 5.74) is 2.62. The number of hydrogen-bond acceptors (Lipinski definition) is 3. The van der Waals surface area contributed by atoms with Crippen molar-refractivity contribution in [2.75, 3.05) is 26.7 Å². The van der Waals surface area contributed by atoms with Crippen LogP contribution in [0.15, 0.2) is 40.7 Å². The second-order valence-corrected chi connectivity index (χ2v) is 7.10. The zero-order valence-electron chi connectivity index (χ0n) is 14.9. The summed E-state index contributed by atoms with van der Waals surface area (Å²) in [6, 6.07) is 10.8. The van der Waals surface area contributed by atoms with Crippen LogP contribution in [0.1, 0.15) is 35.5 Å². The fourth-order valence-corrected chi connectivity index (χ4v) is 3.99. The second-order valence-electron chi connectivity index (χ2n) is 6.15. The molecule has 4 nitrogen and oxygen atoms in total. The van der Waals surface area contributed by atoms with Gasteiger partial charge in [0.1, 0.15) is 0 Å². The first-order chi connectivity index (χ1) is 11.8. The van der Waals surface area contributed by atoms with Crippen molar-refractivity contribution >= 4 is 41.3 Å². The standard InChI is InChI=1S/C19H26N4S.HI/c1-3-18-22-17(14-24-18)9-11-21-19(20-2)23-12-10-16(13-23)15-7-5-4-6-8-15;/h4-8,14,16H,3,9-13H2,1-2H3,(H,20,21);1H. The molecule has 1 saturated heterocycles. The Labute approximate surface area is 171 Å². The molecule has 1 aromatic heterocycles. The van der Waals surface area contributed by atoms with Gasteiger partial charge in [0.2, 0.25) is 0 Å². The first-order valence-corrected chi connectivity index (χ1v) is 9.62. The lowest BCUT2D eigenvalue weighted by atomic mass is 9.99. The maximum Gasteiger partial charge on any atom is 0.193 e. The van der Waals surface area contributed by atoms with Gasteiger partial charge < -0.3 is 10.2 Å². The van der Waals surface area contributed by atoms with Gasteiger partial charge in [-0.2, -0.15) is 0 Å². The maximum absolute atomic E-state index is 4.63. The Bertz CT molecular complexity index is 671. The van der Waals surface area contributed by atoms with Crippen LogP contribution in [0.5, 0.6) is 0 Å². The van der Waals surface area contributed by atoms with E-state index in [-0.39, 0.29) is 24.0 Å². The minimum atomic E-state index is 0. The number of nitrogens with zero attached hydrogens (tertiary/aromatic N) is 3. The molecule has 1 unspecified atom stereocenters. The number of aromatic nitrogens is 1. The van der Waals surface area contributed by atoms with Gasteiger partial charge in [-0.15, -0.1) is 35.3 Å². The molecule has 25 heavy (non-hydrogen) atoms. The lowest BCUT2D eigenvalue weighted by Gasteiger charge is -2.21. The zero-order valence-corrected chi connectivity index (χ0v) is 18.1. The molecule has 2 aromatic rings. The van der Waals surface area contributed by atoms with E-state index >= 15 is 0 Å². The van der Waals surface area contributed by atoms with Gasteiger partial charge in [0, 0.05) is 44.4 Å². The summed E-state index contributed by atoms with van der Waals surface area (Å²) in [4.78, 5) is 11.5. The summed E-state index contributed by atoms with van der Waals surface area (Å²) in [7, 11) is 1.87. The van der Waals surface area contributed by atoms with E-state index in [1.807, 2.05) is 7.05 Å². The average Bonchev–Trinajstić information content (AvgIpc) is 3.29. The van der Waals surface area contributed by atoms with Crippen molar-refractivity contribution in [3.8, 4) is 0 Å². The van der Waals surface area contributed by atoms with E-state index in [4.69, 9.17) is 0 Å². The number of rotatable bonds is 5. The van der Waals surface area contributed by atoms with E-state index in [1.54, 1.807) is 11.3 Å². The van der Waals surface area contributed by atoms with E-state index < -0.39 is 0 Å². The number of benzene rings is 1. The molecule has 0 bridgehead atoms. The van der Waals surface area contributed by atoms with Crippen molar-refractivity contribution in [2.45, 2.75) is 32.1 Å². The third-order valence-electron chi connectivity index (χ3n) is 4.54. The predicted octanol–water partition coefficient (Wildman–Crippen LogP) is 3.93. The Kier molecular flexibility index (Phi) is 8.15. The van der Waals surface area contributed by atoms with Gasteiger partial charge in [-0.25, -0.2) is 4.98 Å². The van der Waals surface area contributed by atoms with Crippen LogP contribution >= 0.6 is 35.3 Å². The lowest BCUT2D eigenvalue weighted by molar-refractivity contribution is 0.486. The second kappa shape index (κ2) is 10.1. The highest BCUT2D eigenvalue weighted by molar-refractivity contribution is 14.0. The van der Waals surface area contributed by atoms with Crippen LogP contribution in [0.3, 0.4) is 0 Å². The Morgan fingerprint density at radius 3 is 2.84 bits per heavy atom. The van der Waals surface area contributed by atoms with Gasteiger partial charge in [0.15, 0.2) is 5.96 Å². The van der Waals surface area contributed by atoms with Crippen LogP contribution in [0, 0.1) is 0 Å². The van der Waals surface area contributed by atoms with Gasteiger partial charge >= 0.3 is 0 Å². The summed E-state index contributed by atoms with van der Waals surface area (Å²) >= 11 is 1.76. The number of aryl methyl sites for hydroxylation is 1. The summed E-state index contributed by atoms with van der Waals surface area (Å²) in [6.45, 7) is 5.14. The normalized spacial score (nSPS) is 17.4. The Balaban J connectivity index is 0.00000225. The van der Waals surface area contributed by atoms with Crippen molar-refractivity contribution in [2.24, 2.45) is 4.99 Å². The Morgan fingerprint density at radius 1 is 1.36 bits per heavy atom. The molecule has 0 saturated carbocycles. The molecular formula is C19H27IN4S. The van der Waals surface area contributed by atoms with Crippen molar-refractivity contribution < 1.29 is 0 Å². The molecule has 2 heterocycles. The zero-order chi connectivity index (χ0) is 16.8. The number of hydrogen-bond donors (Lipinski definition) is 1. The molecule has 0 radical (unpaired) electrons. The molecule has 1 atom stereocenters. The SMILES string of the molecule is CCc1nc(CCNC(=NC)N2CCC(c3ccccc3)C2)cs1.I. The van der Waals surface area contributed by atoms with E-state index in [1.165, 1.54) is 22.7 Å². The average molecular weight is 470 g/mol. The molecule has 0 amide bonds. The fourth-order valence-electron chi connectivity index (χ4n) is 3.21. The summed E-state index contributed by atoms with van der Waals surface area (Å²) < 4.78 is 0. The molecule has 1 aromatic carbocycles. The molecule has 1 N–H and O–H groups in total. The molecule has 0 spiro atoms. The highest BCUT2D eigenvalue weighted by Crippen LogP contribution is 2.26. The molecular weight excluding hydrogens is 443 g/mol. The third kappa shape index (κ3) is 5.41. The lowest BCUT2D eigenvalue weighted by Crippen LogP contribution is -2.40. The van der Waals surface area contributed by atoms with E-state index in [0.29, 0.717) is 5.92 Å². The highest BCUT2D eigenvalue weighted by Gasteiger charge is 2.25. The number of guanidine groups is 1. The number of likely N-dealkylation sites (tertiary alicyclic amines) is 1. The van der Waals surface area contributed by atoms with Crippen molar-refractivity contribution in [1.82, 2.24) is 15.2 Å². The molecule has 0 aliphatic carbocycles. The molecule has 3 rings (SSSR count). The summed E-state index contributed by atoms with van der Waals surface area (Å²) in [6.07, 6.45) is 3.16. The fraction of sp³-hybridized carbons (Fsp3) is 0.474. The van der Waals surface area contributed by atoms with E-state index in [9.17, 15) is 0 Å². The first kappa shape index (κ1) is 20.2. The number of aliphatic imine (C=N–C) groups is 1. The van der Waals surface area contributed by atoms with Crippen LogP contribution in [0.25, 0.3) is 0 Å². The Hall–Kier alpha value is -1.15. The van der Waals surface area contributed by atoms with Crippen molar-refractivity contribution in [3.05, 3.63) is 52.0 Å². The quantitative estimate of drug-likeness (QED) is 0.409. The molecule has 136 valence electrons. The van der Waals surface area contributed by atoms with Crippen molar-refractivity contribution in [1.29, 1.82) is 0 Å². The van der Waals surface area contributed by atoms with Gasteiger partial charge in [-0.1, -0.05) is 37.3 Å². The van der Waals surface area contributed by atoms with Crippen LogP contribution < -0.4 is 5.32 Å². The highest BCUT2D eigenvalue weighted by atomic mass is 127. The molecule has 1 aliphatic heterocycles. The van der Waals surface area contributed by atoms with Gasteiger partial charge in [0.25, 0.3) is 0 Å². The topological polar surface area (TPSA) is 40.5 Å². The minimum absolute atomic E-state index is 0. The van der Waals surface area contributed by atoms with Gasteiger partial charge in [0.05, 0.1) is 10.7 Å². The van der Waals surface area contributed by atoms with Crippen LogP contribution in [0.2, 0.25) is 0 Å². The van der Waals surface area contributed by atoms with Gasteiger partial charge in [-0.05, 0) is 18.4 Å². The molecule has 6 heteroatoms. The Morgan fingerprint density at radius 2 is 2.16 bits per heavy atom. The summed E-state index contributed by atoms with van der Waals surface area (Å²) in [5.74, 6) is 1.62. The van der Waals surface area contributed by atoms with Crippen molar-refractivity contribution in [3.63, 3.8) is 0 Å². The van der Waals surface area contributed by atoms with Crippen LogP contribution in [-0.2, 0) is 12.8 Å². The minimum Gasteiger partial charge on any atom is -0.356 e. The molecule has 1 aliphatic rings. The van der Waals surface area contributed by atoms with E-state index in [0.717, 1.165) is 38.4 Å². The summed E-state index contributed by atoms with van der Waals surface area (Å²) in [5, 5.41) is 6.89. The van der Waals surface area contributed by atoms with Gasteiger partial charge in [-0.3, -0.25) is 4.99 Å². The van der Waals surface area contributed by atoms with Crippen LogP contribution in [0.4, 0.5) is 0 Å². The largest absolute Gasteiger partial charge is 0.356 e. The van der Waals surface area contributed by atoms with Crippen LogP contribution in [-0.4, -0.2) is 42.5 Å². The third-order valence-corrected chi connectivity index (χ3v) is 5.58. The first-order valence-electron chi connectivity index (χ1n) is 8.74. The molecule has 1 fully saturated rings. The van der Waals surface area contributed by atoms with E-state index in [2.05, 4.69) is 62.8 Å². The number of thiazole rings is 1. The maximum atomic E-state index is 4.63.